The quantitative estimate of drug-likeness (QED) is 0.840. The monoisotopic (exact) mass is 250 g/mol. The Morgan fingerprint density at radius 2 is 2.11 bits per heavy atom. The van der Waals surface area contributed by atoms with E-state index in [9.17, 15) is 5.11 Å². The molecule has 3 N–H and O–H groups in total. The summed E-state index contributed by atoms with van der Waals surface area (Å²) in [6.45, 7) is 2.55. The van der Waals surface area contributed by atoms with E-state index < -0.39 is 0 Å². The highest BCUT2D eigenvalue weighted by Gasteiger charge is 2.26. The molecule has 1 saturated carbocycles. The molecule has 5 nitrogen and oxygen atoms in total. The molecule has 2 atom stereocenters. The van der Waals surface area contributed by atoms with Crippen LogP contribution in [-0.2, 0) is 6.54 Å². The third-order valence-corrected chi connectivity index (χ3v) is 3.57. The first kappa shape index (κ1) is 13.2. The number of aryl methyl sites for hydroxylation is 1. The molecule has 1 fully saturated rings. The molecule has 0 spiro atoms. The number of anilines is 1. The average molecular weight is 250 g/mol. The van der Waals surface area contributed by atoms with Crippen LogP contribution in [0.2, 0.25) is 0 Å². The van der Waals surface area contributed by atoms with Gasteiger partial charge in [-0.1, -0.05) is 12.8 Å². The molecular weight excluding hydrogens is 228 g/mol. The lowest BCUT2D eigenvalue weighted by Crippen LogP contribution is -2.43. The van der Waals surface area contributed by atoms with Gasteiger partial charge in [-0.05, 0) is 26.8 Å². The molecule has 0 saturated heterocycles. The van der Waals surface area contributed by atoms with Gasteiger partial charge in [0.05, 0.1) is 12.6 Å². The summed E-state index contributed by atoms with van der Waals surface area (Å²) in [6.07, 6.45) is 4.01. The summed E-state index contributed by atoms with van der Waals surface area (Å²) in [5, 5.41) is 10.0. The second kappa shape index (κ2) is 5.63. The lowest BCUT2D eigenvalue weighted by Gasteiger charge is -2.34. The smallest absolute Gasteiger partial charge is 0.144 e. The number of aromatic nitrogens is 2. The van der Waals surface area contributed by atoms with Crippen LogP contribution in [0.1, 0.15) is 37.2 Å². The predicted octanol–water partition coefficient (Wildman–Crippen LogP) is 1.10. The number of nitrogens with zero attached hydrogens (tertiary/aromatic N) is 3. The molecule has 100 valence electrons. The van der Waals surface area contributed by atoms with Crippen LogP contribution in [0, 0.1) is 6.92 Å². The van der Waals surface area contributed by atoms with Crippen molar-refractivity contribution in [2.45, 2.75) is 51.3 Å². The van der Waals surface area contributed by atoms with Gasteiger partial charge in [-0.3, -0.25) is 4.90 Å². The molecule has 0 bridgehead atoms. The fourth-order valence-corrected chi connectivity index (χ4v) is 2.67. The van der Waals surface area contributed by atoms with Crippen molar-refractivity contribution in [1.29, 1.82) is 0 Å². The molecule has 5 heteroatoms. The predicted molar refractivity (Wildman–Crippen MR) is 70.9 cm³/mol. The summed E-state index contributed by atoms with van der Waals surface area (Å²) in [7, 11) is 2.01. The number of rotatable bonds is 3. The van der Waals surface area contributed by atoms with Crippen molar-refractivity contribution in [2.24, 2.45) is 0 Å². The van der Waals surface area contributed by atoms with Crippen LogP contribution in [0.5, 0.6) is 0 Å². The normalized spacial score (nSPS) is 24.4. The van der Waals surface area contributed by atoms with Crippen molar-refractivity contribution in [3.05, 3.63) is 17.6 Å². The third kappa shape index (κ3) is 3.17. The Labute approximate surface area is 108 Å². The molecule has 0 amide bonds. The van der Waals surface area contributed by atoms with E-state index in [0.29, 0.717) is 12.4 Å². The molecule has 1 heterocycles. The Hall–Kier alpha value is -1.20. The van der Waals surface area contributed by atoms with E-state index in [4.69, 9.17) is 5.73 Å². The van der Waals surface area contributed by atoms with E-state index in [1.807, 2.05) is 14.0 Å². The summed E-state index contributed by atoms with van der Waals surface area (Å²) < 4.78 is 0. The third-order valence-electron chi connectivity index (χ3n) is 3.57. The van der Waals surface area contributed by atoms with Gasteiger partial charge >= 0.3 is 0 Å². The molecule has 0 aliphatic heterocycles. The van der Waals surface area contributed by atoms with Crippen molar-refractivity contribution < 1.29 is 5.11 Å². The van der Waals surface area contributed by atoms with Crippen molar-refractivity contribution >= 4 is 5.82 Å². The van der Waals surface area contributed by atoms with Crippen molar-refractivity contribution in [1.82, 2.24) is 14.9 Å². The van der Waals surface area contributed by atoms with Gasteiger partial charge in [0.2, 0.25) is 0 Å². The summed E-state index contributed by atoms with van der Waals surface area (Å²) in [5.74, 6) is 1.24. The van der Waals surface area contributed by atoms with Crippen molar-refractivity contribution in [3.63, 3.8) is 0 Å². The Kier molecular flexibility index (Phi) is 4.14. The first-order valence-electron chi connectivity index (χ1n) is 6.54. The zero-order valence-electron chi connectivity index (χ0n) is 11.1. The first-order valence-corrected chi connectivity index (χ1v) is 6.54. The van der Waals surface area contributed by atoms with Crippen LogP contribution < -0.4 is 5.73 Å². The fourth-order valence-electron chi connectivity index (χ4n) is 2.67. The van der Waals surface area contributed by atoms with Crippen molar-refractivity contribution in [2.75, 3.05) is 12.8 Å². The maximum absolute atomic E-state index is 10.0. The Morgan fingerprint density at radius 1 is 1.39 bits per heavy atom. The molecule has 18 heavy (non-hydrogen) atoms. The topological polar surface area (TPSA) is 75.3 Å². The van der Waals surface area contributed by atoms with Crippen LogP contribution in [0.3, 0.4) is 0 Å². The summed E-state index contributed by atoms with van der Waals surface area (Å²) >= 11 is 0. The molecule has 0 aromatic carbocycles. The number of hydrogen-bond donors (Lipinski definition) is 2. The van der Waals surface area contributed by atoms with Gasteiger partial charge in [-0.25, -0.2) is 9.97 Å². The number of nitrogen functional groups attached to an aromatic ring is 1. The van der Waals surface area contributed by atoms with Crippen molar-refractivity contribution in [3.8, 4) is 0 Å². The highest BCUT2D eigenvalue weighted by Crippen LogP contribution is 2.23. The fraction of sp³-hybridized carbons (Fsp3) is 0.692. The summed E-state index contributed by atoms with van der Waals surface area (Å²) in [6, 6.07) is 1.97. The second-order valence-electron chi connectivity index (χ2n) is 5.18. The van der Waals surface area contributed by atoms with Crippen LogP contribution in [0.4, 0.5) is 5.82 Å². The lowest BCUT2D eigenvalue weighted by atomic mass is 9.91. The van der Waals surface area contributed by atoms with Gasteiger partial charge in [-0.15, -0.1) is 0 Å². The minimum atomic E-state index is -0.231. The van der Waals surface area contributed by atoms with E-state index in [2.05, 4.69) is 14.9 Å². The Bertz CT molecular complexity index is 390. The molecule has 1 aromatic rings. The van der Waals surface area contributed by atoms with Gasteiger partial charge in [0.25, 0.3) is 0 Å². The van der Waals surface area contributed by atoms with E-state index in [0.717, 1.165) is 30.8 Å². The molecule has 0 radical (unpaired) electrons. The van der Waals surface area contributed by atoms with Crippen LogP contribution >= 0.6 is 0 Å². The molecule has 2 rings (SSSR count). The van der Waals surface area contributed by atoms with Crippen LogP contribution in [0.25, 0.3) is 0 Å². The number of likely N-dealkylation sites (N-methyl/N-ethyl adjacent to an activating group) is 1. The minimum Gasteiger partial charge on any atom is -0.391 e. The Morgan fingerprint density at radius 3 is 2.78 bits per heavy atom. The van der Waals surface area contributed by atoms with Gasteiger partial charge in [0.15, 0.2) is 0 Å². The zero-order chi connectivity index (χ0) is 13.1. The first-order chi connectivity index (χ1) is 8.56. The van der Waals surface area contributed by atoms with E-state index >= 15 is 0 Å². The molecule has 1 aliphatic rings. The molecular formula is C13H22N4O. The minimum absolute atomic E-state index is 0.212. The van der Waals surface area contributed by atoms with E-state index in [1.54, 1.807) is 6.07 Å². The highest BCUT2D eigenvalue weighted by molar-refractivity contribution is 5.29. The van der Waals surface area contributed by atoms with Crippen LogP contribution in [-0.4, -0.2) is 39.2 Å². The summed E-state index contributed by atoms with van der Waals surface area (Å²) in [4.78, 5) is 10.8. The molecule has 2 unspecified atom stereocenters. The molecule has 1 aromatic heterocycles. The van der Waals surface area contributed by atoms with E-state index in [-0.39, 0.29) is 12.1 Å². The van der Waals surface area contributed by atoms with Gasteiger partial charge in [-0.2, -0.15) is 0 Å². The maximum Gasteiger partial charge on any atom is 0.144 e. The standard InChI is InChI=1S/C13H22N4O/c1-9-7-12(14)16-13(15-9)8-17(2)10-5-3-4-6-11(10)18/h7,10-11,18H,3-6,8H2,1-2H3,(H2,14,15,16). The van der Waals surface area contributed by atoms with Gasteiger partial charge in [0.1, 0.15) is 11.6 Å². The number of aliphatic hydroxyl groups is 1. The van der Waals surface area contributed by atoms with E-state index in [1.165, 1.54) is 6.42 Å². The number of hydrogen-bond acceptors (Lipinski definition) is 5. The highest BCUT2D eigenvalue weighted by atomic mass is 16.3. The second-order valence-corrected chi connectivity index (χ2v) is 5.18. The van der Waals surface area contributed by atoms with Gasteiger partial charge < -0.3 is 10.8 Å². The number of aliphatic hydroxyl groups excluding tert-OH is 1. The largest absolute Gasteiger partial charge is 0.391 e. The Balaban J connectivity index is 2.03. The number of nitrogens with two attached hydrogens (primary N) is 1. The van der Waals surface area contributed by atoms with Crippen LogP contribution in [0.15, 0.2) is 6.07 Å². The molecule has 1 aliphatic carbocycles. The summed E-state index contributed by atoms with van der Waals surface area (Å²) in [5.41, 5.74) is 6.61. The zero-order valence-corrected chi connectivity index (χ0v) is 11.1. The average Bonchev–Trinajstić information content (AvgIpc) is 2.27. The maximum atomic E-state index is 10.0. The van der Waals surface area contributed by atoms with Gasteiger partial charge in [0, 0.05) is 17.8 Å². The lowest BCUT2D eigenvalue weighted by molar-refractivity contribution is 0.0278. The SMILES string of the molecule is Cc1cc(N)nc(CN(C)C2CCCCC2O)n1.